The second-order valence-electron chi connectivity index (χ2n) is 3.96. The lowest BCUT2D eigenvalue weighted by molar-refractivity contribution is 0.340. The highest BCUT2D eigenvalue weighted by molar-refractivity contribution is 5.49. The highest BCUT2D eigenvalue weighted by Gasteiger charge is 2.06. The van der Waals surface area contributed by atoms with Crippen LogP contribution in [-0.4, -0.2) is 16.6 Å². The summed E-state index contributed by atoms with van der Waals surface area (Å²) in [6.45, 7) is 4.70. The fourth-order valence-electron chi connectivity index (χ4n) is 1.70. The molecule has 0 aliphatic heterocycles. The van der Waals surface area contributed by atoms with Crippen molar-refractivity contribution < 1.29 is 4.74 Å². The van der Waals surface area contributed by atoms with Crippen LogP contribution in [0.1, 0.15) is 25.6 Å². The Balaban J connectivity index is 2.07. The van der Waals surface area contributed by atoms with Crippen LogP contribution in [-0.2, 0) is 0 Å². The Bertz CT molecular complexity index is 487. The molecule has 0 radical (unpaired) electrons. The van der Waals surface area contributed by atoms with E-state index in [0.29, 0.717) is 6.61 Å². The number of hydrogen-bond donors (Lipinski definition) is 1. The SMILES string of the molecule is CCOc1cccc(NC(C)c2cnccn2)c1. The second kappa shape index (κ2) is 6.00. The van der Waals surface area contributed by atoms with Crippen LogP contribution in [0.15, 0.2) is 42.9 Å². The molecule has 18 heavy (non-hydrogen) atoms. The summed E-state index contributed by atoms with van der Waals surface area (Å²) >= 11 is 0. The Labute approximate surface area is 107 Å². The number of benzene rings is 1. The smallest absolute Gasteiger partial charge is 0.121 e. The van der Waals surface area contributed by atoms with Gasteiger partial charge in [-0.25, -0.2) is 0 Å². The maximum atomic E-state index is 5.47. The number of hydrogen-bond acceptors (Lipinski definition) is 4. The van der Waals surface area contributed by atoms with Gasteiger partial charge in [-0.15, -0.1) is 0 Å². The van der Waals surface area contributed by atoms with Crippen LogP contribution in [0.5, 0.6) is 5.75 Å². The molecule has 1 aromatic carbocycles. The van der Waals surface area contributed by atoms with Crippen molar-refractivity contribution in [2.24, 2.45) is 0 Å². The van der Waals surface area contributed by atoms with Gasteiger partial charge in [0.25, 0.3) is 0 Å². The summed E-state index contributed by atoms with van der Waals surface area (Å²) in [5.41, 5.74) is 1.93. The van der Waals surface area contributed by atoms with Crippen LogP contribution in [0.3, 0.4) is 0 Å². The van der Waals surface area contributed by atoms with E-state index in [2.05, 4.69) is 22.2 Å². The van der Waals surface area contributed by atoms with Crippen molar-refractivity contribution in [2.45, 2.75) is 19.9 Å². The van der Waals surface area contributed by atoms with Crippen molar-refractivity contribution in [3.63, 3.8) is 0 Å². The zero-order chi connectivity index (χ0) is 12.8. The molecule has 0 aliphatic carbocycles. The van der Waals surface area contributed by atoms with Crippen LogP contribution >= 0.6 is 0 Å². The van der Waals surface area contributed by atoms with Gasteiger partial charge in [0.1, 0.15) is 5.75 Å². The van der Waals surface area contributed by atoms with Crippen LogP contribution < -0.4 is 10.1 Å². The number of nitrogens with one attached hydrogen (secondary N) is 1. The molecule has 0 saturated carbocycles. The first-order chi connectivity index (χ1) is 8.79. The normalized spacial score (nSPS) is 11.9. The van der Waals surface area contributed by atoms with Crippen molar-refractivity contribution in [1.29, 1.82) is 0 Å². The number of anilines is 1. The van der Waals surface area contributed by atoms with Crippen LogP contribution in [0.25, 0.3) is 0 Å². The van der Waals surface area contributed by atoms with E-state index < -0.39 is 0 Å². The molecular weight excluding hydrogens is 226 g/mol. The lowest BCUT2D eigenvalue weighted by Gasteiger charge is -2.15. The number of rotatable bonds is 5. The molecule has 4 heteroatoms. The molecule has 1 atom stereocenters. The fraction of sp³-hybridized carbons (Fsp3) is 0.286. The Hall–Kier alpha value is -2.10. The largest absolute Gasteiger partial charge is 0.494 e. The Morgan fingerprint density at radius 1 is 1.33 bits per heavy atom. The van der Waals surface area contributed by atoms with Crippen molar-refractivity contribution in [1.82, 2.24) is 9.97 Å². The van der Waals surface area contributed by atoms with E-state index in [9.17, 15) is 0 Å². The first-order valence-corrected chi connectivity index (χ1v) is 6.05. The minimum atomic E-state index is 0.107. The first kappa shape index (κ1) is 12.4. The Morgan fingerprint density at radius 3 is 2.94 bits per heavy atom. The van der Waals surface area contributed by atoms with E-state index in [4.69, 9.17) is 4.74 Å². The van der Waals surface area contributed by atoms with E-state index in [1.165, 1.54) is 0 Å². The quantitative estimate of drug-likeness (QED) is 0.876. The highest BCUT2D eigenvalue weighted by Crippen LogP contribution is 2.21. The van der Waals surface area contributed by atoms with Gasteiger partial charge in [-0.1, -0.05) is 6.07 Å². The van der Waals surface area contributed by atoms with Gasteiger partial charge in [0.15, 0.2) is 0 Å². The maximum absolute atomic E-state index is 5.47. The van der Waals surface area contributed by atoms with Crippen LogP contribution in [0.4, 0.5) is 5.69 Å². The molecule has 4 nitrogen and oxygen atoms in total. The maximum Gasteiger partial charge on any atom is 0.121 e. The van der Waals surface area contributed by atoms with Crippen LogP contribution in [0, 0.1) is 0 Å². The topological polar surface area (TPSA) is 47.0 Å². The Kier molecular flexibility index (Phi) is 4.12. The van der Waals surface area contributed by atoms with Crippen molar-refractivity contribution in [3.8, 4) is 5.75 Å². The third kappa shape index (κ3) is 3.20. The van der Waals surface area contributed by atoms with Gasteiger partial charge in [-0.05, 0) is 26.0 Å². The van der Waals surface area contributed by atoms with Gasteiger partial charge < -0.3 is 10.1 Å². The van der Waals surface area contributed by atoms with E-state index in [1.807, 2.05) is 31.2 Å². The Morgan fingerprint density at radius 2 is 2.22 bits per heavy atom. The summed E-state index contributed by atoms with van der Waals surface area (Å²) in [6.07, 6.45) is 5.14. The molecule has 1 heterocycles. The van der Waals surface area contributed by atoms with Gasteiger partial charge in [0.2, 0.25) is 0 Å². The third-order valence-electron chi connectivity index (χ3n) is 2.56. The minimum Gasteiger partial charge on any atom is -0.494 e. The molecule has 0 spiro atoms. The minimum absolute atomic E-state index is 0.107. The first-order valence-electron chi connectivity index (χ1n) is 6.05. The number of ether oxygens (including phenoxy) is 1. The molecule has 2 aromatic rings. The molecule has 1 N–H and O–H groups in total. The van der Waals surface area contributed by atoms with E-state index in [0.717, 1.165) is 17.1 Å². The van der Waals surface area contributed by atoms with Crippen LogP contribution in [0.2, 0.25) is 0 Å². The highest BCUT2D eigenvalue weighted by atomic mass is 16.5. The van der Waals surface area contributed by atoms with E-state index in [1.54, 1.807) is 18.6 Å². The molecule has 0 amide bonds. The zero-order valence-corrected chi connectivity index (χ0v) is 10.6. The third-order valence-corrected chi connectivity index (χ3v) is 2.56. The summed E-state index contributed by atoms with van der Waals surface area (Å²) in [4.78, 5) is 8.34. The standard InChI is InChI=1S/C14H17N3O/c1-3-18-13-6-4-5-12(9-13)17-11(2)14-10-15-7-8-16-14/h4-11,17H,3H2,1-2H3. The predicted molar refractivity (Wildman–Crippen MR) is 71.7 cm³/mol. The second-order valence-corrected chi connectivity index (χ2v) is 3.96. The number of aromatic nitrogens is 2. The molecular formula is C14H17N3O. The number of nitrogens with zero attached hydrogens (tertiary/aromatic N) is 2. The summed E-state index contributed by atoms with van der Waals surface area (Å²) in [5.74, 6) is 0.869. The average Bonchev–Trinajstić information content (AvgIpc) is 2.40. The summed E-state index contributed by atoms with van der Waals surface area (Å²) < 4.78 is 5.47. The van der Waals surface area contributed by atoms with Gasteiger partial charge in [0.05, 0.1) is 24.5 Å². The summed E-state index contributed by atoms with van der Waals surface area (Å²) in [7, 11) is 0. The van der Waals surface area contributed by atoms with E-state index >= 15 is 0 Å². The van der Waals surface area contributed by atoms with Crippen molar-refractivity contribution in [3.05, 3.63) is 48.5 Å². The van der Waals surface area contributed by atoms with Gasteiger partial charge >= 0.3 is 0 Å². The molecule has 2 rings (SSSR count). The molecule has 0 bridgehead atoms. The van der Waals surface area contributed by atoms with E-state index in [-0.39, 0.29) is 6.04 Å². The average molecular weight is 243 g/mol. The molecule has 0 saturated heterocycles. The molecule has 0 aliphatic rings. The van der Waals surface area contributed by atoms with Crippen molar-refractivity contribution >= 4 is 5.69 Å². The molecule has 0 fully saturated rings. The van der Waals surface area contributed by atoms with Gasteiger partial charge in [0, 0.05) is 24.1 Å². The predicted octanol–water partition coefficient (Wildman–Crippen LogP) is 3.05. The van der Waals surface area contributed by atoms with Gasteiger partial charge in [-0.3, -0.25) is 9.97 Å². The monoisotopic (exact) mass is 243 g/mol. The molecule has 1 unspecified atom stereocenters. The lowest BCUT2D eigenvalue weighted by Crippen LogP contribution is -2.08. The fourth-order valence-corrected chi connectivity index (χ4v) is 1.70. The lowest BCUT2D eigenvalue weighted by atomic mass is 10.2. The molecule has 94 valence electrons. The zero-order valence-electron chi connectivity index (χ0n) is 10.6. The van der Waals surface area contributed by atoms with Crippen molar-refractivity contribution in [2.75, 3.05) is 11.9 Å². The van der Waals surface area contributed by atoms with Gasteiger partial charge in [-0.2, -0.15) is 0 Å². The summed E-state index contributed by atoms with van der Waals surface area (Å²) in [5, 5.41) is 3.37. The molecule has 1 aromatic heterocycles. The summed E-state index contributed by atoms with van der Waals surface area (Å²) in [6, 6.07) is 8.01.